The number of aryl methyl sites for hydroxylation is 2. The fourth-order valence-electron chi connectivity index (χ4n) is 4.67. The van der Waals surface area contributed by atoms with Crippen LogP contribution >= 0.6 is 11.8 Å². The first-order valence-electron chi connectivity index (χ1n) is 12.3. The summed E-state index contributed by atoms with van der Waals surface area (Å²) in [4.78, 5) is 26.5. The molecule has 37 heavy (non-hydrogen) atoms. The number of anilines is 1. The van der Waals surface area contributed by atoms with E-state index in [1.54, 1.807) is 0 Å². The van der Waals surface area contributed by atoms with Gasteiger partial charge in [-0.05, 0) is 43.5 Å². The number of fused-ring (bicyclic) bond motifs is 2. The highest BCUT2D eigenvalue weighted by Gasteiger charge is 2.13. The third-order valence-electron chi connectivity index (χ3n) is 6.30. The quantitative estimate of drug-likeness (QED) is 0.234. The Hall–Kier alpha value is -4.03. The second kappa shape index (κ2) is 10.9. The largest absolute Gasteiger partial charge is 0.350 e. The van der Waals surface area contributed by atoms with Crippen LogP contribution in [0.3, 0.4) is 0 Å². The molecule has 0 saturated carbocycles. The number of amides is 2. The average Bonchev–Trinajstić information content (AvgIpc) is 3.25. The minimum Gasteiger partial charge on any atom is -0.350 e. The van der Waals surface area contributed by atoms with Crippen LogP contribution in [-0.4, -0.2) is 28.7 Å². The van der Waals surface area contributed by atoms with Crippen molar-refractivity contribution < 1.29 is 9.59 Å². The molecule has 0 aliphatic carbocycles. The number of nitrogens with zero attached hydrogens (tertiary/aromatic N) is 1. The molecule has 5 nitrogen and oxygen atoms in total. The molecule has 5 aromatic rings. The van der Waals surface area contributed by atoms with E-state index < -0.39 is 0 Å². The van der Waals surface area contributed by atoms with E-state index in [9.17, 15) is 9.59 Å². The summed E-state index contributed by atoms with van der Waals surface area (Å²) < 4.78 is 2.14. The first-order valence-corrected chi connectivity index (χ1v) is 13.3. The number of hydrogen-bond acceptors (Lipinski definition) is 3. The molecular formula is C31H29N3O2S. The van der Waals surface area contributed by atoms with Crippen LogP contribution in [0, 0.1) is 13.8 Å². The number of aromatic nitrogens is 1. The monoisotopic (exact) mass is 507 g/mol. The summed E-state index contributed by atoms with van der Waals surface area (Å²) in [6, 6.07) is 28.0. The van der Waals surface area contributed by atoms with Crippen molar-refractivity contribution in [2.24, 2.45) is 0 Å². The summed E-state index contributed by atoms with van der Waals surface area (Å²) >= 11 is 1.52. The number of para-hydroxylation sites is 1. The SMILES string of the molecule is Cc1cc(C)cc(C(=O)NCCn2cc(SCC(=O)Nc3cccc4ccccc34)c3ccccc32)c1. The van der Waals surface area contributed by atoms with Gasteiger partial charge in [0.15, 0.2) is 0 Å². The van der Waals surface area contributed by atoms with Gasteiger partial charge in [0.05, 0.1) is 5.75 Å². The molecule has 1 heterocycles. The molecule has 0 fully saturated rings. The molecular weight excluding hydrogens is 478 g/mol. The normalized spacial score (nSPS) is 11.1. The van der Waals surface area contributed by atoms with Crippen LogP contribution in [0.5, 0.6) is 0 Å². The molecule has 0 unspecified atom stereocenters. The van der Waals surface area contributed by atoms with Crippen molar-refractivity contribution in [1.29, 1.82) is 0 Å². The Bertz CT molecular complexity index is 1580. The van der Waals surface area contributed by atoms with Gasteiger partial charge in [0.25, 0.3) is 5.91 Å². The standard InChI is InChI=1S/C31H29N3O2S/c1-21-16-22(2)18-24(17-21)31(36)32-14-15-34-19-29(26-11-5-6-13-28(26)34)37-20-30(35)33-27-12-7-9-23-8-3-4-10-25(23)27/h3-13,16-19H,14-15,20H2,1-2H3,(H,32,36)(H,33,35). The highest BCUT2D eigenvalue weighted by molar-refractivity contribution is 8.00. The number of carbonyl (C=O) groups is 2. The molecule has 6 heteroatoms. The second-order valence-electron chi connectivity index (χ2n) is 9.20. The Morgan fingerprint density at radius 2 is 1.54 bits per heavy atom. The molecule has 0 bridgehead atoms. The lowest BCUT2D eigenvalue weighted by molar-refractivity contribution is -0.113. The van der Waals surface area contributed by atoms with Gasteiger partial charge in [-0.25, -0.2) is 0 Å². The maximum atomic E-state index is 12.8. The molecule has 0 aliphatic rings. The van der Waals surface area contributed by atoms with E-state index in [1.807, 2.05) is 80.6 Å². The van der Waals surface area contributed by atoms with Crippen LogP contribution in [0.15, 0.2) is 96.0 Å². The fourth-order valence-corrected chi connectivity index (χ4v) is 5.56. The number of rotatable bonds is 8. The van der Waals surface area contributed by atoms with E-state index in [1.165, 1.54) is 11.8 Å². The Kier molecular flexibility index (Phi) is 7.28. The lowest BCUT2D eigenvalue weighted by Gasteiger charge is -2.09. The highest BCUT2D eigenvalue weighted by atomic mass is 32.2. The second-order valence-corrected chi connectivity index (χ2v) is 10.2. The molecule has 4 aromatic carbocycles. The zero-order valence-electron chi connectivity index (χ0n) is 21.0. The van der Waals surface area contributed by atoms with Gasteiger partial charge in [0, 0.05) is 51.7 Å². The summed E-state index contributed by atoms with van der Waals surface area (Å²) in [5.41, 5.74) is 4.74. The van der Waals surface area contributed by atoms with Gasteiger partial charge in [-0.1, -0.05) is 71.8 Å². The Morgan fingerprint density at radius 1 is 0.838 bits per heavy atom. The van der Waals surface area contributed by atoms with Crippen LogP contribution in [0.4, 0.5) is 5.69 Å². The molecule has 5 rings (SSSR count). The Balaban J connectivity index is 1.24. The van der Waals surface area contributed by atoms with Crippen LogP contribution in [-0.2, 0) is 11.3 Å². The number of hydrogen-bond donors (Lipinski definition) is 2. The van der Waals surface area contributed by atoms with E-state index in [0.717, 1.165) is 43.4 Å². The summed E-state index contributed by atoms with van der Waals surface area (Å²) in [5, 5.41) is 9.33. The number of nitrogens with one attached hydrogen (secondary N) is 2. The van der Waals surface area contributed by atoms with Gasteiger partial charge in [-0.2, -0.15) is 0 Å². The van der Waals surface area contributed by atoms with Gasteiger partial charge in [-0.3, -0.25) is 9.59 Å². The minimum absolute atomic E-state index is 0.0427. The van der Waals surface area contributed by atoms with Crippen molar-refractivity contribution in [3.8, 4) is 0 Å². The van der Waals surface area contributed by atoms with Crippen molar-refractivity contribution in [3.05, 3.63) is 108 Å². The molecule has 0 spiro atoms. The van der Waals surface area contributed by atoms with Crippen molar-refractivity contribution >= 4 is 50.9 Å². The summed E-state index contributed by atoms with van der Waals surface area (Å²) in [6.07, 6.45) is 2.07. The van der Waals surface area contributed by atoms with Gasteiger partial charge in [0.2, 0.25) is 5.91 Å². The molecule has 0 radical (unpaired) electrons. The maximum Gasteiger partial charge on any atom is 0.251 e. The summed E-state index contributed by atoms with van der Waals surface area (Å²) in [7, 11) is 0. The van der Waals surface area contributed by atoms with Crippen LogP contribution < -0.4 is 10.6 Å². The van der Waals surface area contributed by atoms with Crippen molar-refractivity contribution in [3.63, 3.8) is 0 Å². The molecule has 2 N–H and O–H groups in total. The molecule has 0 aliphatic heterocycles. The van der Waals surface area contributed by atoms with Crippen LogP contribution in [0.1, 0.15) is 21.5 Å². The zero-order chi connectivity index (χ0) is 25.8. The summed E-state index contributed by atoms with van der Waals surface area (Å²) in [5.74, 6) is 0.197. The van der Waals surface area contributed by atoms with E-state index in [2.05, 4.69) is 39.6 Å². The number of carbonyl (C=O) groups excluding carboxylic acids is 2. The van der Waals surface area contributed by atoms with E-state index in [4.69, 9.17) is 0 Å². The lowest BCUT2D eigenvalue weighted by atomic mass is 10.1. The first kappa shape index (κ1) is 24.7. The number of benzene rings is 4. The van der Waals surface area contributed by atoms with E-state index in [0.29, 0.717) is 24.4 Å². The van der Waals surface area contributed by atoms with Gasteiger partial charge >= 0.3 is 0 Å². The van der Waals surface area contributed by atoms with E-state index in [-0.39, 0.29) is 11.8 Å². The van der Waals surface area contributed by atoms with Gasteiger partial charge in [0.1, 0.15) is 0 Å². The molecule has 0 atom stereocenters. The van der Waals surface area contributed by atoms with E-state index >= 15 is 0 Å². The average molecular weight is 508 g/mol. The Labute approximate surface area is 220 Å². The maximum absolute atomic E-state index is 12.8. The topological polar surface area (TPSA) is 63.1 Å². The van der Waals surface area contributed by atoms with Crippen molar-refractivity contribution in [1.82, 2.24) is 9.88 Å². The molecule has 2 amide bonds. The smallest absolute Gasteiger partial charge is 0.251 e. The Morgan fingerprint density at radius 3 is 2.35 bits per heavy atom. The molecule has 1 aromatic heterocycles. The fraction of sp³-hybridized carbons (Fsp3) is 0.161. The van der Waals surface area contributed by atoms with Crippen LogP contribution in [0.25, 0.3) is 21.7 Å². The van der Waals surface area contributed by atoms with Gasteiger partial charge in [-0.15, -0.1) is 11.8 Å². The summed E-state index contributed by atoms with van der Waals surface area (Å²) in [6.45, 7) is 5.14. The van der Waals surface area contributed by atoms with Gasteiger partial charge < -0.3 is 15.2 Å². The van der Waals surface area contributed by atoms with Crippen molar-refractivity contribution in [2.75, 3.05) is 17.6 Å². The molecule has 186 valence electrons. The number of thioether (sulfide) groups is 1. The lowest BCUT2D eigenvalue weighted by Crippen LogP contribution is -2.27. The highest BCUT2D eigenvalue weighted by Crippen LogP contribution is 2.30. The minimum atomic E-state index is -0.0667. The third-order valence-corrected chi connectivity index (χ3v) is 7.34. The predicted octanol–water partition coefficient (Wildman–Crippen LogP) is 6.57. The molecule has 0 saturated heterocycles. The van der Waals surface area contributed by atoms with Crippen molar-refractivity contribution in [2.45, 2.75) is 25.3 Å². The predicted molar refractivity (Wildman–Crippen MR) is 153 cm³/mol. The first-order chi connectivity index (χ1) is 18.0. The zero-order valence-corrected chi connectivity index (χ0v) is 21.8. The van der Waals surface area contributed by atoms with Crippen LogP contribution in [0.2, 0.25) is 0 Å². The third kappa shape index (κ3) is 5.70.